The monoisotopic (exact) mass is 360 g/mol. The molecule has 1 aromatic carbocycles. The molecule has 16 heavy (non-hydrogen) atoms. The van der Waals surface area contributed by atoms with E-state index in [0.717, 1.165) is 20.2 Å². The molecule has 0 saturated carbocycles. The molecule has 0 saturated heterocycles. The van der Waals surface area contributed by atoms with Crippen molar-refractivity contribution in [1.82, 2.24) is 4.98 Å². The van der Waals surface area contributed by atoms with Crippen molar-refractivity contribution < 1.29 is 0 Å². The number of hydrogen-bond acceptors (Lipinski definition) is 2. The number of rotatable bonds is 1. The van der Waals surface area contributed by atoms with Crippen molar-refractivity contribution >= 4 is 49.1 Å². The van der Waals surface area contributed by atoms with Crippen LogP contribution < -0.4 is 5.73 Å². The van der Waals surface area contributed by atoms with E-state index in [2.05, 4.69) is 36.8 Å². The fraction of sp³-hybridized carbons (Fsp3) is 0. The topological polar surface area (TPSA) is 38.9 Å². The van der Waals surface area contributed by atoms with E-state index >= 15 is 0 Å². The summed E-state index contributed by atoms with van der Waals surface area (Å²) in [7, 11) is 0. The number of nitrogen functional groups attached to an aromatic ring is 1. The van der Waals surface area contributed by atoms with Gasteiger partial charge in [0.2, 0.25) is 0 Å². The zero-order valence-electron chi connectivity index (χ0n) is 8.05. The largest absolute Gasteiger partial charge is 0.397 e. The molecule has 0 aliphatic heterocycles. The van der Waals surface area contributed by atoms with Gasteiger partial charge in [0.15, 0.2) is 0 Å². The van der Waals surface area contributed by atoms with Crippen molar-refractivity contribution in [2.75, 3.05) is 5.73 Å². The van der Waals surface area contributed by atoms with E-state index < -0.39 is 0 Å². The normalized spacial score (nSPS) is 10.4. The summed E-state index contributed by atoms with van der Waals surface area (Å²) in [5, 5.41) is 0.650. The van der Waals surface area contributed by atoms with E-state index in [1.807, 2.05) is 24.3 Å². The lowest BCUT2D eigenvalue weighted by atomic mass is 10.1. The van der Waals surface area contributed by atoms with E-state index in [1.54, 1.807) is 6.20 Å². The number of aromatic nitrogens is 1. The predicted molar refractivity (Wildman–Crippen MR) is 74.5 cm³/mol. The molecule has 1 heterocycles. The van der Waals surface area contributed by atoms with Crippen LogP contribution in [0, 0.1) is 0 Å². The van der Waals surface area contributed by atoms with Gasteiger partial charge >= 0.3 is 0 Å². The SMILES string of the molecule is Nc1c(Br)cnc(-c2ccccc2Cl)c1Br. The third-order valence-electron chi connectivity index (χ3n) is 2.14. The van der Waals surface area contributed by atoms with Gasteiger partial charge in [-0.1, -0.05) is 29.8 Å². The maximum absolute atomic E-state index is 6.11. The first-order valence-electron chi connectivity index (χ1n) is 4.45. The molecule has 0 aliphatic rings. The molecule has 2 nitrogen and oxygen atoms in total. The minimum atomic E-state index is 0.616. The van der Waals surface area contributed by atoms with Gasteiger partial charge in [-0.3, -0.25) is 4.98 Å². The zero-order chi connectivity index (χ0) is 11.7. The molecule has 0 unspecified atom stereocenters. The van der Waals surface area contributed by atoms with Crippen LogP contribution in [-0.2, 0) is 0 Å². The molecule has 0 spiro atoms. The van der Waals surface area contributed by atoms with Crippen molar-refractivity contribution in [1.29, 1.82) is 0 Å². The molecule has 0 atom stereocenters. The lowest BCUT2D eigenvalue weighted by molar-refractivity contribution is 1.29. The molecular formula is C11H7Br2ClN2. The van der Waals surface area contributed by atoms with Gasteiger partial charge in [-0.2, -0.15) is 0 Å². The van der Waals surface area contributed by atoms with Crippen molar-refractivity contribution in [2.24, 2.45) is 0 Å². The first-order chi connectivity index (χ1) is 7.61. The lowest BCUT2D eigenvalue weighted by Crippen LogP contribution is -1.94. The van der Waals surface area contributed by atoms with Crippen LogP contribution in [0.15, 0.2) is 39.4 Å². The fourth-order valence-electron chi connectivity index (χ4n) is 1.32. The summed E-state index contributed by atoms with van der Waals surface area (Å²) in [6.07, 6.45) is 1.67. The number of nitrogens with two attached hydrogens (primary N) is 1. The van der Waals surface area contributed by atoms with Crippen LogP contribution >= 0.6 is 43.5 Å². The van der Waals surface area contributed by atoms with Crippen LogP contribution in [0.3, 0.4) is 0 Å². The van der Waals surface area contributed by atoms with Crippen molar-refractivity contribution in [3.63, 3.8) is 0 Å². The second-order valence-corrected chi connectivity index (χ2v) is 5.22. The predicted octanol–water partition coefficient (Wildman–Crippen LogP) is 4.51. The van der Waals surface area contributed by atoms with Crippen molar-refractivity contribution in [2.45, 2.75) is 0 Å². The van der Waals surface area contributed by atoms with Crippen LogP contribution in [0.2, 0.25) is 5.02 Å². The summed E-state index contributed by atoms with van der Waals surface area (Å²) >= 11 is 12.9. The third-order valence-corrected chi connectivity index (χ3v) is 3.90. The first-order valence-corrected chi connectivity index (χ1v) is 6.42. The third kappa shape index (κ3) is 2.10. The number of pyridine rings is 1. The molecule has 2 N–H and O–H groups in total. The Labute approximate surface area is 115 Å². The second kappa shape index (κ2) is 4.73. The highest BCUT2D eigenvalue weighted by atomic mass is 79.9. The maximum Gasteiger partial charge on any atom is 0.0880 e. The standard InChI is InChI=1S/C11H7Br2ClN2/c12-7-5-16-11(9(13)10(7)15)6-3-1-2-4-8(6)14/h1-5H,(H2,15,16). The summed E-state index contributed by atoms with van der Waals surface area (Å²) in [5.74, 6) is 0. The minimum absolute atomic E-state index is 0.616. The smallest absolute Gasteiger partial charge is 0.0880 e. The van der Waals surface area contributed by atoms with Gasteiger partial charge in [0.25, 0.3) is 0 Å². The minimum Gasteiger partial charge on any atom is -0.397 e. The Balaban J connectivity index is 2.66. The Morgan fingerprint density at radius 1 is 1.19 bits per heavy atom. The average molecular weight is 362 g/mol. The highest BCUT2D eigenvalue weighted by molar-refractivity contribution is 9.11. The fourth-order valence-corrected chi connectivity index (χ4v) is 2.64. The van der Waals surface area contributed by atoms with Gasteiger partial charge in [-0.05, 0) is 37.9 Å². The number of halogens is 3. The average Bonchev–Trinajstić information content (AvgIpc) is 2.28. The Bertz CT molecular complexity index is 544. The number of hydrogen-bond donors (Lipinski definition) is 1. The molecule has 0 aliphatic carbocycles. The lowest BCUT2D eigenvalue weighted by Gasteiger charge is -2.09. The highest BCUT2D eigenvalue weighted by Gasteiger charge is 2.12. The molecule has 2 aromatic rings. The maximum atomic E-state index is 6.11. The highest BCUT2D eigenvalue weighted by Crippen LogP contribution is 2.37. The van der Waals surface area contributed by atoms with E-state index in [9.17, 15) is 0 Å². The molecule has 5 heteroatoms. The summed E-state index contributed by atoms with van der Waals surface area (Å²) < 4.78 is 1.50. The summed E-state index contributed by atoms with van der Waals surface area (Å²) in [6, 6.07) is 7.52. The van der Waals surface area contributed by atoms with E-state index in [-0.39, 0.29) is 0 Å². The number of nitrogens with zero attached hydrogens (tertiary/aromatic N) is 1. The zero-order valence-corrected chi connectivity index (χ0v) is 12.0. The molecule has 0 radical (unpaired) electrons. The van der Waals surface area contributed by atoms with Gasteiger partial charge < -0.3 is 5.73 Å². The van der Waals surface area contributed by atoms with Crippen LogP contribution in [-0.4, -0.2) is 4.98 Å². The molecule has 0 fully saturated rings. The summed E-state index contributed by atoms with van der Waals surface area (Å²) in [4.78, 5) is 4.31. The van der Waals surface area contributed by atoms with Crippen molar-refractivity contribution in [3.05, 3.63) is 44.4 Å². The molecule has 0 bridgehead atoms. The summed E-state index contributed by atoms with van der Waals surface area (Å²) in [5.41, 5.74) is 8.11. The molecular weight excluding hydrogens is 355 g/mol. The van der Waals surface area contributed by atoms with Gasteiger partial charge in [0.1, 0.15) is 0 Å². The van der Waals surface area contributed by atoms with E-state index in [1.165, 1.54) is 0 Å². The van der Waals surface area contributed by atoms with Crippen LogP contribution in [0.1, 0.15) is 0 Å². The summed E-state index contributed by atoms with van der Waals surface area (Å²) in [6.45, 7) is 0. The van der Waals surface area contributed by atoms with Gasteiger partial charge in [-0.15, -0.1) is 0 Å². The Kier molecular flexibility index (Phi) is 3.52. The van der Waals surface area contributed by atoms with E-state index in [0.29, 0.717) is 10.7 Å². The van der Waals surface area contributed by atoms with Crippen molar-refractivity contribution in [3.8, 4) is 11.3 Å². The van der Waals surface area contributed by atoms with Crippen LogP contribution in [0.25, 0.3) is 11.3 Å². The van der Waals surface area contributed by atoms with Crippen LogP contribution in [0.4, 0.5) is 5.69 Å². The van der Waals surface area contributed by atoms with Gasteiger partial charge in [0, 0.05) is 16.8 Å². The molecule has 2 rings (SSSR count). The van der Waals surface area contributed by atoms with E-state index in [4.69, 9.17) is 17.3 Å². The quantitative estimate of drug-likeness (QED) is 0.811. The molecule has 0 amide bonds. The second-order valence-electron chi connectivity index (χ2n) is 3.16. The Morgan fingerprint density at radius 2 is 1.88 bits per heavy atom. The van der Waals surface area contributed by atoms with Gasteiger partial charge in [-0.25, -0.2) is 0 Å². The molecule has 1 aromatic heterocycles. The Morgan fingerprint density at radius 3 is 2.56 bits per heavy atom. The first kappa shape index (κ1) is 11.9. The van der Waals surface area contributed by atoms with Gasteiger partial charge in [0.05, 0.1) is 20.3 Å². The Hall–Kier alpha value is -0.580. The number of anilines is 1. The molecule has 82 valence electrons. The van der Waals surface area contributed by atoms with Crippen LogP contribution in [0.5, 0.6) is 0 Å². The number of benzene rings is 1.